The number of rotatable bonds is 7. The summed E-state index contributed by atoms with van der Waals surface area (Å²) in [6, 6.07) is 7.79. The van der Waals surface area contributed by atoms with Crippen molar-refractivity contribution < 1.29 is 9.90 Å². The van der Waals surface area contributed by atoms with E-state index in [0.717, 1.165) is 30.1 Å². The lowest BCUT2D eigenvalue weighted by molar-refractivity contribution is -0.136. The van der Waals surface area contributed by atoms with E-state index in [0.29, 0.717) is 0 Å². The van der Waals surface area contributed by atoms with Crippen molar-refractivity contribution in [2.24, 2.45) is 5.92 Å². The molecule has 1 aliphatic heterocycles. The Labute approximate surface area is 127 Å². The van der Waals surface area contributed by atoms with E-state index in [-0.39, 0.29) is 6.42 Å². The van der Waals surface area contributed by atoms with Crippen LogP contribution in [0.1, 0.15) is 30.4 Å². The summed E-state index contributed by atoms with van der Waals surface area (Å²) in [6.45, 7) is 4.20. The molecule has 4 nitrogen and oxygen atoms in total. The second-order valence-corrected chi connectivity index (χ2v) is 6.05. The molecule has 0 atom stereocenters. The third-order valence-corrected chi connectivity index (χ3v) is 4.34. The van der Waals surface area contributed by atoms with Crippen molar-refractivity contribution in [2.45, 2.75) is 32.2 Å². The lowest BCUT2D eigenvalue weighted by Gasteiger charge is -2.28. The molecule has 0 saturated carbocycles. The first-order valence-corrected chi connectivity index (χ1v) is 7.83. The van der Waals surface area contributed by atoms with E-state index >= 15 is 0 Å². The van der Waals surface area contributed by atoms with E-state index in [1.165, 1.54) is 32.4 Å². The number of nitrogens with one attached hydrogen (secondary N) is 1. The van der Waals surface area contributed by atoms with E-state index in [1.807, 2.05) is 24.3 Å². The van der Waals surface area contributed by atoms with Gasteiger partial charge in [-0.05, 0) is 63.0 Å². The Bertz CT molecular complexity index is 454. The molecule has 0 radical (unpaired) electrons. The van der Waals surface area contributed by atoms with Crippen molar-refractivity contribution in [1.82, 2.24) is 10.2 Å². The highest BCUT2D eigenvalue weighted by molar-refractivity contribution is 5.70. The summed E-state index contributed by atoms with van der Waals surface area (Å²) in [6.07, 6.45) is 3.92. The number of piperidine rings is 1. The van der Waals surface area contributed by atoms with Gasteiger partial charge in [-0.15, -0.1) is 0 Å². The van der Waals surface area contributed by atoms with E-state index in [1.54, 1.807) is 0 Å². The molecule has 0 aliphatic carbocycles. The minimum Gasteiger partial charge on any atom is -0.481 e. The smallest absolute Gasteiger partial charge is 0.307 e. The molecule has 21 heavy (non-hydrogen) atoms. The lowest BCUT2D eigenvalue weighted by Crippen LogP contribution is -2.31. The minimum atomic E-state index is -0.770. The standard InChI is InChI=1S/C17H26N2O2/c1-19-10-7-14(8-11-19)6-9-18-13-16-5-3-2-4-15(16)12-17(20)21/h2-5,14,18H,6-13H2,1H3,(H,20,21). The third-order valence-electron chi connectivity index (χ3n) is 4.34. The topological polar surface area (TPSA) is 52.6 Å². The number of carboxylic acid groups (broad SMARTS) is 1. The summed E-state index contributed by atoms with van der Waals surface area (Å²) in [7, 11) is 2.19. The first-order valence-electron chi connectivity index (χ1n) is 7.83. The number of carboxylic acids is 1. The van der Waals surface area contributed by atoms with Crippen molar-refractivity contribution in [3.05, 3.63) is 35.4 Å². The van der Waals surface area contributed by atoms with E-state index in [9.17, 15) is 4.79 Å². The molecule has 0 aromatic heterocycles. The van der Waals surface area contributed by atoms with Crippen LogP contribution in [0, 0.1) is 5.92 Å². The molecular weight excluding hydrogens is 264 g/mol. The summed E-state index contributed by atoms with van der Waals surface area (Å²) in [5.41, 5.74) is 2.01. The van der Waals surface area contributed by atoms with Gasteiger partial charge in [-0.3, -0.25) is 4.79 Å². The largest absolute Gasteiger partial charge is 0.481 e. The fourth-order valence-electron chi connectivity index (χ4n) is 2.95. The maximum Gasteiger partial charge on any atom is 0.307 e. The quantitative estimate of drug-likeness (QED) is 0.755. The summed E-state index contributed by atoms with van der Waals surface area (Å²) in [4.78, 5) is 13.3. The normalized spacial score (nSPS) is 17.0. The predicted molar refractivity (Wildman–Crippen MR) is 84.3 cm³/mol. The van der Waals surface area contributed by atoms with Gasteiger partial charge in [-0.25, -0.2) is 0 Å². The zero-order chi connectivity index (χ0) is 15.1. The highest BCUT2D eigenvalue weighted by atomic mass is 16.4. The maximum absolute atomic E-state index is 10.9. The number of likely N-dealkylation sites (tertiary alicyclic amines) is 1. The van der Waals surface area contributed by atoms with Gasteiger partial charge in [-0.2, -0.15) is 0 Å². The molecular formula is C17H26N2O2. The molecule has 1 aliphatic rings. The second kappa shape index (κ2) is 8.15. The van der Waals surface area contributed by atoms with Gasteiger partial charge in [0.05, 0.1) is 6.42 Å². The van der Waals surface area contributed by atoms with Crippen LogP contribution in [0.2, 0.25) is 0 Å². The SMILES string of the molecule is CN1CCC(CCNCc2ccccc2CC(=O)O)CC1. The first kappa shape index (κ1) is 16.0. The van der Waals surface area contributed by atoms with Crippen LogP contribution in [0.5, 0.6) is 0 Å². The molecule has 1 fully saturated rings. The molecule has 116 valence electrons. The molecule has 1 heterocycles. The maximum atomic E-state index is 10.9. The lowest BCUT2D eigenvalue weighted by atomic mass is 9.94. The van der Waals surface area contributed by atoms with Gasteiger partial charge in [-0.1, -0.05) is 24.3 Å². The molecule has 2 N–H and O–H groups in total. The second-order valence-electron chi connectivity index (χ2n) is 6.05. The van der Waals surface area contributed by atoms with Crippen molar-refractivity contribution >= 4 is 5.97 Å². The van der Waals surface area contributed by atoms with Gasteiger partial charge in [0, 0.05) is 6.54 Å². The van der Waals surface area contributed by atoms with E-state index < -0.39 is 5.97 Å². The van der Waals surface area contributed by atoms with Crippen LogP contribution in [-0.2, 0) is 17.8 Å². The third kappa shape index (κ3) is 5.48. The predicted octanol–water partition coefficient (Wildman–Crippen LogP) is 2.14. The Balaban J connectivity index is 1.72. The van der Waals surface area contributed by atoms with Crippen LogP contribution < -0.4 is 5.32 Å². The highest BCUT2D eigenvalue weighted by Gasteiger charge is 2.15. The number of carbonyl (C=O) groups is 1. The van der Waals surface area contributed by atoms with Crippen molar-refractivity contribution in [3.8, 4) is 0 Å². The summed E-state index contributed by atoms with van der Waals surface area (Å²) < 4.78 is 0. The molecule has 1 saturated heterocycles. The number of aliphatic carboxylic acids is 1. The van der Waals surface area contributed by atoms with Crippen LogP contribution in [0.25, 0.3) is 0 Å². The van der Waals surface area contributed by atoms with Gasteiger partial charge >= 0.3 is 5.97 Å². The molecule has 0 spiro atoms. The van der Waals surface area contributed by atoms with Gasteiger partial charge in [0.15, 0.2) is 0 Å². The summed E-state index contributed by atoms with van der Waals surface area (Å²) in [5.74, 6) is 0.0664. The zero-order valence-corrected chi connectivity index (χ0v) is 12.8. The fraction of sp³-hybridized carbons (Fsp3) is 0.588. The monoisotopic (exact) mass is 290 g/mol. The molecule has 0 bridgehead atoms. The summed E-state index contributed by atoms with van der Waals surface area (Å²) >= 11 is 0. The van der Waals surface area contributed by atoms with Crippen molar-refractivity contribution in [3.63, 3.8) is 0 Å². The molecule has 0 amide bonds. The molecule has 0 unspecified atom stereocenters. The molecule has 2 rings (SSSR count). The fourth-order valence-corrected chi connectivity index (χ4v) is 2.95. The van der Waals surface area contributed by atoms with Crippen LogP contribution in [0.4, 0.5) is 0 Å². The summed E-state index contributed by atoms with van der Waals surface area (Å²) in [5, 5.41) is 12.4. The van der Waals surface area contributed by atoms with Gasteiger partial charge in [0.1, 0.15) is 0 Å². The number of benzene rings is 1. The average molecular weight is 290 g/mol. The van der Waals surface area contributed by atoms with E-state index in [4.69, 9.17) is 5.11 Å². The number of hydrogen-bond donors (Lipinski definition) is 2. The molecule has 1 aromatic rings. The van der Waals surface area contributed by atoms with Gasteiger partial charge in [0.2, 0.25) is 0 Å². The Morgan fingerprint density at radius 2 is 1.95 bits per heavy atom. The number of hydrogen-bond acceptors (Lipinski definition) is 3. The van der Waals surface area contributed by atoms with E-state index in [2.05, 4.69) is 17.3 Å². The highest BCUT2D eigenvalue weighted by Crippen LogP contribution is 2.18. The van der Waals surface area contributed by atoms with Crippen LogP contribution in [-0.4, -0.2) is 42.7 Å². The Morgan fingerprint density at radius 3 is 2.62 bits per heavy atom. The van der Waals surface area contributed by atoms with Gasteiger partial charge < -0.3 is 15.3 Å². The van der Waals surface area contributed by atoms with Crippen molar-refractivity contribution in [2.75, 3.05) is 26.7 Å². The minimum absolute atomic E-state index is 0.104. The number of nitrogens with zero attached hydrogens (tertiary/aromatic N) is 1. The Hall–Kier alpha value is -1.39. The van der Waals surface area contributed by atoms with Crippen LogP contribution in [0.15, 0.2) is 24.3 Å². The van der Waals surface area contributed by atoms with Gasteiger partial charge in [0.25, 0.3) is 0 Å². The first-order chi connectivity index (χ1) is 10.1. The average Bonchev–Trinajstić information content (AvgIpc) is 2.46. The molecule has 4 heteroatoms. The zero-order valence-electron chi connectivity index (χ0n) is 12.8. The Kier molecular flexibility index (Phi) is 6.21. The Morgan fingerprint density at radius 1 is 1.29 bits per heavy atom. The molecule has 1 aromatic carbocycles. The van der Waals surface area contributed by atoms with Crippen molar-refractivity contribution in [1.29, 1.82) is 0 Å². The van der Waals surface area contributed by atoms with Crippen LogP contribution >= 0.6 is 0 Å². The van der Waals surface area contributed by atoms with Crippen LogP contribution in [0.3, 0.4) is 0 Å².